The molecule has 0 saturated carbocycles. The summed E-state index contributed by atoms with van der Waals surface area (Å²) in [4.78, 5) is 11.0. The van der Waals surface area contributed by atoms with Crippen molar-refractivity contribution < 1.29 is 17.6 Å². The van der Waals surface area contributed by atoms with Gasteiger partial charge in [-0.1, -0.05) is 6.07 Å². The summed E-state index contributed by atoms with van der Waals surface area (Å²) in [5.74, 6) is -0.608. The van der Waals surface area contributed by atoms with Crippen molar-refractivity contribution in [3.63, 3.8) is 0 Å². The van der Waals surface area contributed by atoms with Crippen LogP contribution in [-0.2, 0) is 14.8 Å². The molecule has 2 rings (SSSR count). The van der Waals surface area contributed by atoms with Crippen LogP contribution in [0.15, 0.2) is 29.2 Å². The van der Waals surface area contributed by atoms with E-state index in [1.165, 1.54) is 18.2 Å². The zero-order valence-electron chi connectivity index (χ0n) is 9.97. The average Bonchev–Trinajstić information content (AvgIpc) is 2.73. The molecule has 0 radical (unpaired) electrons. The van der Waals surface area contributed by atoms with E-state index in [0.717, 1.165) is 10.4 Å². The summed E-state index contributed by atoms with van der Waals surface area (Å²) in [7, 11) is -3.82. The number of hydrogen-bond acceptors (Lipinski definition) is 3. The minimum atomic E-state index is -3.82. The average molecular weight is 271 g/mol. The second-order valence-corrected chi connectivity index (χ2v) is 6.48. The third-order valence-electron chi connectivity index (χ3n) is 3.25. The Morgan fingerprint density at radius 3 is 2.78 bits per heavy atom. The Bertz CT molecular complexity index is 572. The van der Waals surface area contributed by atoms with Crippen molar-refractivity contribution in [3.8, 4) is 0 Å². The van der Waals surface area contributed by atoms with Crippen LogP contribution in [0.2, 0.25) is 0 Å². The van der Waals surface area contributed by atoms with E-state index < -0.39 is 21.4 Å². The molecule has 0 amide bonds. The van der Waals surface area contributed by atoms with Gasteiger partial charge in [0.2, 0.25) is 10.0 Å². The lowest BCUT2D eigenvalue weighted by molar-refractivity contribution is -0.114. The molecule has 4 nitrogen and oxygen atoms in total. The molecule has 0 aliphatic carbocycles. The van der Waals surface area contributed by atoms with Gasteiger partial charge in [0, 0.05) is 6.54 Å². The molecular weight excluding hydrogens is 257 g/mol. The van der Waals surface area contributed by atoms with Crippen molar-refractivity contribution in [3.05, 3.63) is 30.1 Å². The van der Waals surface area contributed by atoms with E-state index >= 15 is 0 Å². The lowest BCUT2D eigenvalue weighted by Gasteiger charge is -2.29. The minimum Gasteiger partial charge on any atom is -0.301 e. The number of halogens is 1. The first-order valence-electron chi connectivity index (χ1n) is 5.65. The van der Waals surface area contributed by atoms with Crippen molar-refractivity contribution >= 4 is 16.3 Å². The third-order valence-corrected chi connectivity index (χ3v) is 5.28. The molecule has 1 aliphatic rings. The number of rotatable bonds is 3. The van der Waals surface area contributed by atoms with E-state index in [0.29, 0.717) is 19.1 Å². The second-order valence-electron chi connectivity index (χ2n) is 4.61. The summed E-state index contributed by atoms with van der Waals surface area (Å²) in [5, 5.41) is 0. The van der Waals surface area contributed by atoms with E-state index in [9.17, 15) is 17.6 Å². The predicted octanol–water partition coefficient (Wildman–Crippen LogP) is 1.57. The van der Waals surface area contributed by atoms with Crippen molar-refractivity contribution in [1.29, 1.82) is 0 Å². The number of hydrogen-bond donors (Lipinski definition) is 0. The SMILES string of the molecule is CC1(C=O)CCCN1S(=O)(=O)c1cccc(F)c1. The normalized spacial score (nSPS) is 25.2. The van der Waals surface area contributed by atoms with Crippen LogP contribution >= 0.6 is 0 Å². The Morgan fingerprint density at radius 2 is 2.17 bits per heavy atom. The molecule has 1 fully saturated rings. The van der Waals surface area contributed by atoms with Gasteiger partial charge in [-0.05, 0) is 38.0 Å². The Kier molecular flexibility index (Phi) is 3.25. The van der Waals surface area contributed by atoms with Crippen molar-refractivity contribution in [2.24, 2.45) is 0 Å². The van der Waals surface area contributed by atoms with E-state index in [2.05, 4.69) is 0 Å². The minimum absolute atomic E-state index is 0.113. The van der Waals surface area contributed by atoms with Gasteiger partial charge in [-0.25, -0.2) is 12.8 Å². The van der Waals surface area contributed by atoms with Gasteiger partial charge in [-0.3, -0.25) is 0 Å². The molecule has 0 aromatic heterocycles. The third kappa shape index (κ3) is 2.06. The Labute approximate surface area is 105 Å². The van der Waals surface area contributed by atoms with E-state index in [-0.39, 0.29) is 11.4 Å². The summed E-state index contributed by atoms with van der Waals surface area (Å²) in [6.07, 6.45) is 1.77. The first-order chi connectivity index (χ1) is 8.40. The summed E-state index contributed by atoms with van der Waals surface area (Å²) in [6.45, 7) is 1.87. The zero-order valence-corrected chi connectivity index (χ0v) is 10.8. The Hall–Kier alpha value is -1.27. The molecule has 1 atom stereocenters. The van der Waals surface area contributed by atoms with Gasteiger partial charge in [0.05, 0.1) is 10.4 Å². The number of sulfonamides is 1. The van der Waals surface area contributed by atoms with Gasteiger partial charge >= 0.3 is 0 Å². The maximum atomic E-state index is 13.1. The van der Waals surface area contributed by atoms with Crippen LogP contribution in [0.3, 0.4) is 0 Å². The van der Waals surface area contributed by atoms with Gasteiger partial charge in [-0.2, -0.15) is 4.31 Å². The maximum Gasteiger partial charge on any atom is 0.244 e. The maximum absolute atomic E-state index is 13.1. The van der Waals surface area contributed by atoms with Crippen LogP contribution in [0.4, 0.5) is 4.39 Å². The molecule has 0 bridgehead atoms. The van der Waals surface area contributed by atoms with Crippen LogP contribution in [-0.4, -0.2) is 31.1 Å². The summed E-state index contributed by atoms with van der Waals surface area (Å²) < 4.78 is 39.0. The largest absolute Gasteiger partial charge is 0.301 e. The van der Waals surface area contributed by atoms with Crippen LogP contribution in [0, 0.1) is 5.82 Å². The first-order valence-corrected chi connectivity index (χ1v) is 7.09. The molecule has 98 valence electrons. The zero-order chi connectivity index (χ0) is 13.4. The number of carbonyl (C=O) groups excluding carboxylic acids is 1. The summed E-state index contributed by atoms with van der Waals surface area (Å²) in [6, 6.07) is 4.83. The van der Waals surface area contributed by atoms with E-state index in [1.807, 2.05) is 0 Å². The molecule has 0 N–H and O–H groups in total. The van der Waals surface area contributed by atoms with E-state index in [4.69, 9.17) is 0 Å². The fourth-order valence-corrected chi connectivity index (χ4v) is 4.05. The molecular formula is C12H14FNO3S. The van der Waals surface area contributed by atoms with Gasteiger partial charge in [0.1, 0.15) is 12.1 Å². The number of nitrogens with zero attached hydrogens (tertiary/aromatic N) is 1. The van der Waals surface area contributed by atoms with Crippen molar-refractivity contribution in [2.45, 2.75) is 30.2 Å². The van der Waals surface area contributed by atoms with Crippen LogP contribution in [0.1, 0.15) is 19.8 Å². The second kappa shape index (κ2) is 4.44. The van der Waals surface area contributed by atoms with Gasteiger partial charge in [0.25, 0.3) is 0 Å². The number of aldehydes is 1. The highest BCUT2D eigenvalue weighted by molar-refractivity contribution is 7.89. The molecule has 1 aromatic carbocycles. The van der Waals surface area contributed by atoms with E-state index in [1.54, 1.807) is 6.92 Å². The molecule has 1 heterocycles. The molecule has 1 unspecified atom stereocenters. The highest BCUT2D eigenvalue weighted by atomic mass is 32.2. The predicted molar refractivity (Wildman–Crippen MR) is 64.0 cm³/mol. The molecule has 1 aliphatic heterocycles. The summed E-state index contributed by atoms with van der Waals surface area (Å²) in [5.41, 5.74) is -1.02. The van der Waals surface area contributed by atoms with Crippen molar-refractivity contribution in [1.82, 2.24) is 4.31 Å². The quantitative estimate of drug-likeness (QED) is 0.784. The van der Waals surface area contributed by atoms with Crippen LogP contribution in [0.25, 0.3) is 0 Å². The monoisotopic (exact) mass is 271 g/mol. The molecule has 1 saturated heterocycles. The van der Waals surface area contributed by atoms with Gasteiger partial charge in [-0.15, -0.1) is 0 Å². The van der Waals surface area contributed by atoms with Gasteiger partial charge in [0.15, 0.2) is 0 Å². The fraction of sp³-hybridized carbons (Fsp3) is 0.417. The highest BCUT2D eigenvalue weighted by Crippen LogP contribution is 2.32. The summed E-state index contributed by atoms with van der Waals surface area (Å²) >= 11 is 0. The lowest BCUT2D eigenvalue weighted by Crippen LogP contribution is -2.46. The highest BCUT2D eigenvalue weighted by Gasteiger charge is 2.44. The van der Waals surface area contributed by atoms with Gasteiger partial charge < -0.3 is 4.79 Å². The molecule has 1 aromatic rings. The Balaban J connectivity index is 2.46. The Morgan fingerprint density at radius 1 is 1.44 bits per heavy atom. The topological polar surface area (TPSA) is 54.5 Å². The number of benzene rings is 1. The molecule has 18 heavy (non-hydrogen) atoms. The smallest absolute Gasteiger partial charge is 0.244 e. The first kappa shape index (κ1) is 13.2. The fourth-order valence-electron chi connectivity index (χ4n) is 2.23. The number of carbonyl (C=O) groups is 1. The van der Waals surface area contributed by atoms with Crippen molar-refractivity contribution in [2.75, 3.05) is 6.54 Å². The molecule has 6 heteroatoms. The van der Waals surface area contributed by atoms with Crippen LogP contribution < -0.4 is 0 Å². The molecule has 0 spiro atoms. The standard InChI is InChI=1S/C12H14FNO3S/c1-12(9-15)6-3-7-14(12)18(16,17)11-5-2-4-10(13)8-11/h2,4-5,8-9H,3,6-7H2,1H3. The van der Waals surface area contributed by atoms with Crippen LogP contribution in [0.5, 0.6) is 0 Å². The lowest BCUT2D eigenvalue weighted by atomic mass is 10.0.